The van der Waals surface area contributed by atoms with Crippen molar-refractivity contribution < 1.29 is 0 Å². The first-order valence-electron chi connectivity index (χ1n) is 7.66. The van der Waals surface area contributed by atoms with E-state index in [-0.39, 0.29) is 0 Å². The molecule has 0 aliphatic carbocycles. The Balaban J connectivity index is 1.90. The van der Waals surface area contributed by atoms with Gasteiger partial charge in [0.25, 0.3) is 0 Å². The lowest BCUT2D eigenvalue weighted by molar-refractivity contribution is 1.02. The molecular weight excluding hydrogens is 282 g/mol. The lowest BCUT2D eigenvalue weighted by Crippen LogP contribution is -2.34. The molecule has 1 aliphatic rings. The second-order valence-corrected chi connectivity index (χ2v) is 5.48. The molecule has 0 aromatic heterocycles. The van der Waals surface area contributed by atoms with Gasteiger partial charge in [0, 0.05) is 12.6 Å². The van der Waals surface area contributed by atoms with Crippen molar-refractivity contribution in [1.82, 2.24) is 0 Å². The lowest BCUT2D eigenvalue weighted by Gasteiger charge is -2.34. The van der Waals surface area contributed by atoms with E-state index < -0.39 is 0 Å². The van der Waals surface area contributed by atoms with Crippen LogP contribution in [-0.2, 0) is 0 Å². The molecule has 4 rings (SSSR count). The van der Waals surface area contributed by atoms with Crippen molar-refractivity contribution in [2.24, 2.45) is 5.10 Å². The Morgan fingerprint density at radius 2 is 1.22 bits per heavy atom. The highest BCUT2D eigenvalue weighted by molar-refractivity contribution is 6.13. The number of benzene rings is 3. The largest absolute Gasteiger partial charge is 0.326 e. The van der Waals surface area contributed by atoms with Crippen molar-refractivity contribution >= 4 is 22.9 Å². The third kappa shape index (κ3) is 2.36. The van der Waals surface area contributed by atoms with E-state index in [2.05, 4.69) is 54.4 Å². The maximum Gasteiger partial charge on any atom is 0.161 e. The molecule has 0 saturated heterocycles. The van der Waals surface area contributed by atoms with Crippen molar-refractivity contribution in [3.63, 3.8) is 0 Å². The quantitative estimate of drug-likeness (QED) is 0.686. The Bertz CT molecular complexity index is 841. The van der Waals surface area contributed by atoms with E-state index in [1.165, 1.54) is 0 Å². The SMILES string of the molecule is CN1C(c2ccccc2)=NN(c2ccccc2)c2ccccc21. The van der Waals surface area contributed by atoms with Crippen LogP contribution in [0.25, 0.3) is 0 Å². The Morgan fingerprint density at radius 3 is 1.91 bits per heavy atom. The van der Waals surface area contributed by atoms with Crippen molar-refractivity contribution in [1.29, 1.82) is 0 Å². The van der Waals surface area contributed by atoms with Crippen LogP contribution in [0.3, 0.4) is 0 Å². The first kappa shape index (κ1) is 13.6. The van der Waals surface area contributed by atoms with E-state index in [9.17, 15) is 0 Å². The fourth-order valence-corrected chi connectivity index (χ4v) is 2.86. The van der Waals surface area contributed by atoms with Gasteiger partial charge in [-0.15, -0.1) is 5.10 Å². The minimum Gasteiger partial charge on any atom is -0.326 e. The zero-order valence-corrected chi connectivity index (χ0v) is 12.9. The highest BCUT2D eigenvalue weighted by atomic mass is 15.5. The molecule has 0 amide bonds. The summed E-state index contributed by atoms with van der Waals surface area (Å²) in [4.78, 5) is 2.14. The van der Waals surface area contributed by atoms with Crippen LogP contribution in [0.4, 0.5) is 17.1 Å². The standard InChI is InChI=1S/C20H17N3/c1-22-18-14-8-9-15-19(18)23(17-12-6-3-7-13-17)21-20(22)16-10-4-2-5-11-16/h2-15H,1H3. The number of para-hydroxylation sites is 3. The normalized spacial score (nSPS) is 13.5. The third-order valence-electron chi connectivity index (χ3n) is 4.02. The average molecular weight is 299 g/mol. The summed E-state index contributed by atoms with van der Waals surface area (Å²) in [5, 5.41) is 6.93. The van der Waals surface area contributed by atoms with Crippen LogP contribution in [0.15, 0.2) is 90.0 Å². The second kappa shape index (κ2) is 5.61. The Hall–Kier alpha value is -3.07. The summed E-state index contributed by atoms with van der Waals surface area (Å²) in [5.74, 6) is 0.938. The van der Waals surface area contributed by atoms with Gasteiger partial charge in [-0.2, -0.15) is 0 Å². The summed E-state index contributed by atoms with van der Waals surface area (Å²) in [6, 6.07) is 28.9. The van der Waals surface area contributed by atoms with Crippen LogP contribution in [0.5, 0.6) is 0 Å². The Kier molecular flexibility index (Phi) is 3.31. The molecule has 1 heterocycles. The molecule has 3 aromatic carbocycles. The summed E-state index contributed by atoms with van der Waals surface area (Å²) >= 11 is 0. The molecule has 0 atom stereocenters. The number of hydrogen-bond donors (Lipinski definition) is 0. The van der Waals surface area contributed by atoms with Gasteiger partial charge in [0.05, 0.1) is 17.1 Å². The number of hydrazone groups is 1. The highest BCUT2D eigenvalue weighted by Crippen LogP contribution is 2.38. The summed E-state index contributed by atoms with van der Waals surface area (Å²) in [6.07, 6.45) is 0. The number of amidine groups is 1. The molecule has 0 bridgehead atoms. The molecule has 0 radical (unpaired) electrons. The highest BCUT2D eigenvalue weighted by Gasteiger charge is 2.24. The monoisotopic (exact) mass is 299 g/mol. The first-order chi connectivity index (χ1) is 11.3. The van der Waals surface area contributed by atoms with Gasteiger partial charge in [0.1, 0.15) is 0 Å². The number of rotatable bonds is 2. The van der Waals surface area contributed by atoms with Gasteiger partial charge in [-0.3, -0.25) is 0 Å². The molecule has 23 heavy (non-hydrogen) atoms. The van der Waals surface area contributed by atoms with E-state index in [1.807, 2.05) is 47.5 Å². The van der Waals surface area contributed by atoms with Gasteiger partial charge in [-0.05, 0) is 24.3 Å². The van der Waals surface area contributed by atoms with Crippen LogP contribution in [0.1, 0.15) is 5.56 Å². The molecule has 3 heteroatoms. The first-order valence-corrected chi connectivity index (χ1v) is 7.66. The predicted octanol–water partition coefficient (Wildman–Crippen LogP) is 4.64. The molecule has 0 saturated carbocycles. The van der Waals surface area contributed by atoms with Gasteiger partial charge in [-0.25, -0.2) is 5.01 Å². The molecule has 0 unspecified atom stereocenters. The number of anilines is 3. The zero-order chi connectivity index (χ0) is 15.6. The minimum absolute atomic E-state index is 0.938. The van der Waals surface area contributed by atoms with Gasteiger partial charge < -0.3 is 4.90 Å². The van der Waals surface area contributed by atoms with Crippen molar-refractivity contribution in [2.45, 2.75) is 0 Å². The van der Waals surface area contributed by atoms with Crippen molar-refractivity contribution in [3.8, 4) is 0 Å². The lowest BCUT2D eigenvalue weighted by atomic mass is 10.1. The maximum absolute atomic E-state index is 4.92. The van der Waals surface area contributed by atoms with Gasteiger partial charge in [0.2, 0.25) is 0 Å². The molecule has 1 aliphatic heterocycles. The molecule has 0 fully saturated rings. The molecule has 0 spiro atoms. The zero-order valence-electron chi connectivity index (χ0n) is 12.9. The van der Waals surface area contributed by atoms with E-state index >= 15 is 0 Å². The summed E-state index contributed by atoms with van der Waals surface area (Å²) < 4.78 is 0. The van der Waals surface area contributed by atoms with Crippen LogP contribution in [0, 0.1) is 0 Å². The van der Waals surface area contributed by atoms with Crippen LogP contribution in [0.2, 0.25) is 0 Å². The van der Waals surface area contributed by atoms with Crippen LogP contribution in [-0.4, -0.2) is 12.9 Å². The van der Waals surface area contributed by atoms with Crippen LogP contribution >= 0.6 is 0 Å². The Morgan fingerprint density at radius 1 is 0.652 bits per heavy atom. The van der Waals surface area contributed by atoms with E-state index in [0.29, 0.717) is 0 Å². The van der Waals surface area contributed by atoms with Crippen molar-refractivity contribution in [3.05, 3.63) is 90.5 Å². The third-order valence-corrected chi connectivity index (χ3v) is 4.02. The Labute approximate surface area is 136 Å². The van der Waals surface area contributed by atoms with Gasteiger partial charge >= 0.3 is 0 Å². The molecular formula is C20H17N3. The number of nitrogens with zero attached hydrogens (tertiary/aromatic N) is 3. The van der Waals surface area contributed by atoms with Crippen molar-refractivity contribution in [2.75, 3.05) is 17.0 Å². The molecule has 3 aromatic rings. The van der Waals surface area contributed by atoms with E-state index in [4.69, 9.17) is 5.10 Å². The van der Waals surface area contributed by atoms with E-state index in [0.717, 1.165) is 28.5 Å². The molecule has 3 nitrogen and oxygen atoms in total. The van der Waals surface area contributed by atoms with Gasteiger partial charge in [0.15, 0.2) is 5.84 Å². The average Bonchev–Trinajstić information content (AvgIpc) is 2.64. The van der Waals surface area contributed by atoms with E-state index in [1.54, 1.807) is 0 Å². The second-order valence-electron chi connectivity index (χ2n) is 5.48. The fraction of sp³-hybridized carbons (Fsp3) is 0.0500. The fourth-order valence-electron chi connectivity index (χ4n) is 2.86. The number of hydrogen-bond acceptors (Lipinski definition) is 3. The summed E-state index contributed by atoms with van der Waals surface area (Å²) in [5.41, 5.74) is 4.39. The molecule has 112 valence electrons. The van der Waals surface area contributed by atoms with Gasteiger partial charge in [-0.1, -0.05) is 60.7 Å². The van der Waals surface area contributed by atoms with Crippen LogP contribution < -0.4 is 9.91 Å². The molecule has 0 N–H and O–H groups in total. The summed E-state index contributed by atoms with van der Waals surface area (Å²) in [7, 11) is 2.06. The maximum atomic E-state index is 4.92. The number of fused-ring (bicyclic) bond motifs is 1. The smallest absolute Gasteiger partial charge is 0.161 e. The predicted molar refractivity (Wildman–Crippen MR) is 96.4 cm³/mol. The summed E-state index contributed by atoms with van der Waals surface area (Å²) in [6.45, 7) is 0. The minimum atomic E-state index is 0.938. The topological polar surface area (TPSA) is 18.8 Å².